The van der Waals surface area contributed by atoms with Gasteiger partial charge >= 0.3 is 4.66 Å². The first-order valence-corrected chi connectivity index (χ1v) is 2.30. The molecule has 4 heteroatoms. The van der Waals surface area contributed by atoms with Gasteiger partial charge in [0.05, 0.1) is 0 Å². The molecule has 0 saturated carbocycles. The zero-order valence-corrected chi connectivity index (χ0v) is 4.56. The number of hydrogen-bond acceptors (Lipinski definition) is 1. The molecule has 0 aliphatic heterocycles. The summed E-state index contributed by atoms with van der Waals surface area (Å²) in [4.78, 5) is 0. The van der Waals surface area contributed by atoms with Gasteiger partial charge in [-0.25, -0.2) is 0 Å². The molecule has 1 N–H and O–H groups in total. The fourth-order valence-electron chi connectivity index (χ4n) is 0. The first-order valence-electron chi connectivity index (χ1n) is 1.05. The molecule has 0 saturated heterocycles. The summed E-state index contributed by atoms with van der Waals surface area (Å²) in [5.74, 6) is 0. The molecule has 0 bridgehead atoms. The van der Waals surface area contributed by atoms with E-state index in [1.807, 2.05) is 22.4 Å². The van der Waals surface area contributed by atoms with Crippen molar-refractivity contribution in [3.63, 3.8) is 0 Å². The Balaban J connectivity index is 2.32. The zero-order valence-electron chi connectivity index (χ0n) is 2.40. The van der Waals surface area contributed by atoms with Crippen molar-refractivity contribution in [3.05, 3.63) is 0 Å². The van der Waals surface area contributed by atoms with Gasteiger partial charge in [-0.05, 0) is 0 Å². The van der Waals surface area contributed by atoms with Crippen LogP contribution in [-0.2, 0) is 0 Å². The van der Waals surface area contributed by atoms with E-state index in [1.54, 1.807) is 7.74 Å². The standard InChI is InChI=1S/B2H3IO/c1-2(3)4/h4H,1H2. The number of rotatable bonds is 0. The van der Waals surface area contributed by atoms with Crippen LogP contribution in [0.3, 0.4) is 0 Å². The highest BCUT2D eigenvalue weighted by atomic mass is 127. The summed E-state index contributed by atoms with van der Waals surface area (Å²) in [5.41, 5.74) is 0. The van der Waals surface area contributed by atoms with E-state index >= 15 is 0 Å². The summed E-state index contributed by atoms with van der Waals surface area (Å²) in [7, 11) is 1.71. The van der Waals surface area contributed by atoms with E-state index in [0.29, 0.717) is 0 Å². The van der Waals surface area contributed by atoms with Crippen molar-refractivity contribution < 1.29 is 5.02 Å². The molecule has 22 valence electrons. The van der Waals surface area contributed by atoms with Gasteiger partial charge in [-0.15, -0.1) is 22.4 Å². The molecule has 0 amide bonds. The van der Waals surface area contributed by atoms with Crippen LogP contribution in [0.2, 0.25) is 0 Å². The minimum Gasteiger partial charge on any atom is -0.448 e. The molecule has 0 atom stereocenters. The Labute approximate surface area is 40.2 Å². The molecule has 0 aliphatic carbocycles. The molecule has 0 aliphatic rings. The van der Waals surface area contributed by atoms with Crippen LogP contribution in [-0.4, -0.2) is 17.4 Å². The Hall–Kier alpha value is 0.820. The Morgan fingerprint density at radius 3 is 2.00 bits per heavy atom. The van der Waals surface area contributed by atoms with E-state index in [0.717, 1.165) is 0 Å². The molecule has 0 unspecified atom stereocenters. The molecule has 0 radical (unpaired) electrons. The van der Waals surface area contributed by atoms with E-state index in [-0.39, 0.29) is 4.66 Å². The fraction of sp³-hybridized carbons (Fsp3) is 0. The number of halogens is 1. The van der Waals surface area contributed by atoms with E-state index in [4.69, 9.17) is 5.02 Å². The number of hydrogen-bond donors (Lipinski definition) is 1. The van der Waals surface area contributed by atoms with Crippen LogP contribution < -0.4 is 0 Å². The lowest BCUT2D eigenvalue weighted by molar-refractivity contribution is 0.618. The zero-order chi connectivity index (χ0) is 3.58. The normalized spacial score (nSPS) is 6.50. The summed E-state index contributed by atoms with van der Waals surface area (Å²) in [6, 6.07) is 0. The van der Waals surface area contributed by atoms with Crippen molar-refractivity contribution in [1.29, 1.82) is 0 Å². The summed E-state index contributed by atoms with van der Waals surface area (Å²) in [6.45, 7) is 0. The van der Waals surface area contributed by atoms with Gasteiger partial charge in [0.1, 0.15) is 7.74 Å². The predicted octanol–water partition coefficient (Wildman–Crippen LogP) is -0.968. The highest BCUT2D eigenvalue weighted by molar-refractivity contribution is 14.1. The van der Waals surface area contributed by atoms with Crippen molar-refractivity contribution >= 4 is 34.8 Å². The van der Waals surface area contributed by atoms with Gasteiger partial charge in [0.2, 0.25) is 0 Å². The quantitative estimate of drug-likeness (QED) is 0.364. The van der Waals surface area contributed by atoms with Crippen LogP contribution >= 0.6 is 22.4 Å². The monoisotopic (exact) mass is 168 g/mol. The van der Waals surface area contributed by atoms with E-state index in [9.17, 15) is 0 Å². The van der Waals surface area contributed by atoms with E-state index in [2.05, 4.69) is 0 Å². The third kappa shape index (κ3) is 13.9. The van der Waals surface area contributed by atoms with Crippen molar-refractivity contribution in [2.75, 3.05) is 0 Å². The van der Waals surface area contributed by atoms with Gasteiger partial charge in [-0.3, -0.25) is 0 Å². The minimum absolute atomic E-state index is 0.197. The average molecular weight is 168 g/mol. The van der Waals surface area contributed by atoms with Gasteiger partial charge in [-0.1, -0.05) is 0 Å². The van der Waals surface area contributed by atoms with Gasteiger partial charge in [0.25, 0.3) is 0 Å². The lowest BCUT2D eigenvalue weighted by Gasteiger charge is -1.69. The predicted molar refractivity (Wildman–Crippen MR) is 30.5 cm³/mol. The third-order valence-corrected chi connectivity index (χ3v) is 0. The van der Waals surface area contributed by atoms with Crippen LogP contribution in [0.1, 0.15) is 0 Å². The fourth-order valence-corrected chi connectivity index (χ4v) is 0. The molecule has 0 aromatic carbocycles. The highest BCUT2D eigenvalue weighted by Crippen LogP contribution is 1.75. The van der Waals surface area contributed by atoms with Crippen molar-refractivity contribution in [3.8, 4) is 0 Å². The summed E-state index contributed by atoms with van der Waals surface area (Å²) in [6.07, 6.45) is 0. The largest absolute Gasteiger partial charge is 0.448 e. The Morgan fingerprint density at radius 1 is 2.00 bits per heavy atom. The Morgan fingerprint density at radius 2 is 2.00 bits per heavy atom. The lowest BCUT2D eigenvalue weighted by atomic mass is 9.72. The molecule has 0 aromatic rings. The average Bonchev–Trinajstić information content (AvgIpc) is 0.811. The van der Waals surface area contributed by atoms with Gasteiger partial charge in [0, 0.05) is 0 Å². The Kier molecular flexibility index (Phi) is 2.51. The SMILES string of the molecule is BB(O)I. The molecule has 0 rings (SSSR count). The molecule has 4 heavy (non-hydrogen) atoms. The van der Waals surface area contributed by atoms with E-state index < -0.39 is 0 Å². The van der Waals surface area contributed by atoms with Crippen molar-refractivity contribution in [2.45, 2.75) is 0 Å². The second-order valence-electron chi connectivity index (χ2n) is 0.574. The smallest absolute Gasteiger partial charge is 0.311 e. The summed E-state index contributed by atoms with van der Waals surface area (Å²) < 4.78 is -0.197. The first kappa shape index (κ1) is 4.82. The van der Waals surface area contributed by atoms with Crippen molar-refractivity contribution in [1.82, 2.24) is 0 Å². The maximum absolute atomic E-state index is 8.04. The van der Waals surface area contributed by atoms with Crippen LogP contribution in [0, 0.1) is 0 Å². The van der Waals surface area contributed by atoms with Gasteiger partial charge in [-0.2, -0.15) is 0 Å². The molecule has 0 heterocycles. The summed E-state index contributed by atoms with van der Waals surface area (Å²) in [5, 5.41) is 8.04. The molecule has 0 fully saturated rings. The topological polar surface area (TPSA) is 20.2 Å². The van der Waals surface area contributed by atoms with Crippen LogP contribution in [0.25, 0.3) is 0 Å². The molecule has 1 nitrogen and oxygen atoms in total. The third-order valence-electron chi connectivity index (χ3n) is 0. The summed E-state index contributed by atoms with van der Waals surface area (Å²) >= 11 is 1.90. The maximum Gasteiger partial charge on any atom is 0.311 e. The van der Waals surface area contributed by atoms with Crippen LogP contribution in [0.5, 0.6) is 0 Å². The minimum atomic E-state index is -0.197. The molecular weight excluding hydrogens is 165 g/mol. The lowest BCUT2D eigenvalue weighted by Crippen LogP contribution is -1.96. The first-order chi connectivity index (χ1) is 1.73. The Bertz CT molecular complexity index is 10.8. The molecular formula is H3B2IO. The second-order valence-corrected chi connectivity index (χ2v) is 2.38. The maximum atomic E-state index is 8.04. The molecule has 0 spiro atoms. The van der Waals surface area contributed by atoms with Gasteiger partial charge in [0.15, 0.2) is 0 Å². The van der Waals surface area contributed by atoms with Crippen LogP contribution in [0.4, 0.5) is 0 Å². The van der Waals surface area contributed by atoms with Gasteiger partial charge < -0.3 is 5.02 Å². The van der Waals surface area contributed by atoms with E-state index in [1.165, 1.54) is 0 Å². The van der Waals surface area contributed by atoms with Crippen molar-refractivity contribution in [2.24, 2.45) is 0 Å². The highest BCUT2D eigenvalue weighted by Gasteiger charge is 1.84. The second kappa shape index (κ2) is 2.08. The van der Waals surface area contributed by atoms with Crippen LogP contribution in [0.15, 0.2) is 0 Å². The molecule has 0 aromatic heterocycles.